The lowest BCUT2D eigenvalue weighted by molar-refractivity contribution is 0.191. The van der Waals surface area contributed by atoms with Crippen molar-refractivity contribution in [2.45, 2.75) is 44.7 Å². The molecule has 2 atom stereocenters. The Balaban J connectivity index is 1.84. The van der Waals surface area contributed by atoms with Crippen LogP contribution in [0, 0.1) is 5.92 Å². The minimum atomic E-state index is -0.00153. The Labute approximate surface area is 109 Å². The summed E-state index contributed by atoms with van der Waals surface area (Å²) in [5, 5.41) is 2.15. The average Bonchev–Trinajstić information content (AvgIpc) is 2.99. The van der Waals surface area contributed by atoms with Crippen molar-refractivity contribution in [2.24, 2.45) is 11.7 Å². The van der Waals surface area contributed by atoms with Gasteiger partial charge in [0.15, 0.2) is 0 Å². The Morgan fingerprint density at radius 1 is 1.59 bits per heavy atom. The molecule has 0 aromatic carbocycles. The third-order valence-electron chi connectivity index (χ3n) is 3.93. The van der Waals surface area contributed by atoms with Crippen LogP contribution < -0.4 is 5.73 Å². The van der Waals surface area contributed by atoms with E-state index in [1.807, 2.05) is 11.3 Å². The summed E-state index contributed by atoms with van der Waals surface area (Å²) < 4.78 is 0. The van der Waals surface area contributed by atoms with Gasteiger partial charge in [-0.15, -0.1) is 11.3 Å². The number of nitrogens with two attached hydrogens (primary N) is 1. The molecule has 2 N–H and O–H groups in total. The third-order valence-corrected chi connectivity index (χ3v) is 4.83. The number of hydrogen-bond donors (Lipinski definition) is 1. The third kappa shape index (κ3) is 3.54. The first kappa shape index (κ1) is 13.1. The van der Waals surface area contributed by atoms with E-state index in [0.29, 0.717) is 6.04 Å². The van der Waals surface area contributed by atoms with Crippen LogP contribution in [-0.4, -0.2) is 30.1 Å². The molecular formula is C14H24N2S. The molecule has 96 valence electrons. The Kier molecular flexibility index (Phi) is 3.91. The fourth-order valence-corrected chi connectivity index (χ4v) is 3.27. The van der Waals surface area contributed by atoms with Crippen LogP contribution in [0.1, 0.15) is 31.6 Å². The van der Waals surface area contributed by atoms with Gasteiger partial charge in [-0.05, 0) is 57.5 Å². The van der Waals surface area contributed by atoms with E-state index in [-0.39, 0.29) is 5.54 Å². The first-order valence-electron chi connectivity index (χ1n) is 6.50. The van der Waals surface area contributed by atoms with E-state index in [4.69, 9.17) is 5.73 Å². The van der Waals surface area contributed by atoms with Crippen LogP contribution in [0.3, 0.4) is 0 Å². The minimum absolute atomic E-state index is 0.00153. The molecular weight excluding hydrogens is 228 g/mol. The number of likely N-dealkylation sites (N-methyl/N-ethyl adjacent to an activating group) is 1. The molecule has 0 saturated heterocycles. The van der Waals surface area contributed by atoms with Crippen LogP contribution in [0.15, 0.2) is 17.5 Å². The zero-order valence-electron chi connectivity index (χ0n) is 11.1. The van der Waals surface area contributed by atoms with E-state index >= 15 is 0 Å². The van der Waals surface area contributed by atoms with Gasteiger partial charge in [0.1, 0.15) is 0 Å². The van der Waals surface area contributed by atoms with E-state index in [0.717, 1.165) is 18.9 Å². The standard InChI is InChI=1S/C14H24N2S/c1-11(9-13-5-4-8-17-13)16(3)10-14(2,15)12-6-7-12/h4-5,8,11-12H,6-7,9-10,15H2,1-3H3. The highest BCUT2D eigenvalue weighted by Gasteiger charge is 2.39. The first-order chi connectivity index (χ1) is 7.99. The van der Waals surface area contributed by atoms with E-state index in [9.17, 15) is 0 Å². The van der Waals surface area contributed by atoms with Crippen LogP contribution in [0.4, 0.5) is 0 Å². The molecule has 1 aromatic rings. The van der Waals surface area contributed by atoms with Crippen molar-refractivity contribution >= 4 is 11.3 Å². The second-order valence-corrected chi connectivity index (χ2v) is 6.86. The van der Waals surface area contributed by atoms with Gasteiger partial charge in [0, 0.05) is 23.0 Å². The summed E-state index contributed by atoms with van der Waals surface area (Å²) in [6.45, 7) is 5.51. The van der Waals surface area contributed by atoms with Crippen molar-refractivity contribution in [1.29, 1.82) is 0 Å². The summed E-state index contributed by atoms with van der Waals surface area (Å²) >= 11 is 1.85. The van der Waals surface area contributed by atoms with Gasteiger partial charge in [0.2, 0.25) is 0 Å². The first-order valence-corrected chi connectivity index (χ1v) is 7.38. The van der Waals surface area contributed by atoms with Gasteiger partial charge in [-0.1, -0.05) is 6.07 Å². The summed E-state index contributed by atoms with van der Waals surface area (Å²) in [6.07, 6.45) is 3.77. The second kappa shape index (κ2) is 5.09. The van der Waals surface area contributed by atoms with E-state index in [1.54, 1.807) is 0 Å². The van der Waals surface area contributed by atoms with Crippen LogP contribution in [0.2, 0.25) is 0 Å². The van der Waals surface area contributed by atoms with Crippen molar-refractivity contribution in [3.05, 3.63) is 22.4 Å². The highest BCUT2D eigenvalue weighted by molar-refractivity contribution is 7.09. The zero-order valence-corrected chi connectivity index (χ0v) is 12.0. The smallest absolute Gasteiger partial charge is 0.0283 e. The molecule has 0 amide bonds. The molecule has 2 nitrogen and oxygen atoms in total. The molecule has 1 aliphatic carbocycles. The predicted molar refractivity (Wildman–Crippen MR) is 75.4 cm³/mol. The van der Waals surface area contributed by atoms with E-state index in [1.165, 1.54) is 17.7 Å². The Morgan fingerprint density at radius 2 is 2.29 bits per heavy atom. The maximum absolute atomic E-state index is 6.40. The molecule has 1 aliphatic rings. The average molecular weight is 252 g/mol. The zero-order chi connectivity index (χ0) is 12.5. The van der Waals surface area contributed by atoms with Gasteiger partial charge in [0.25, 0.3) is 0 Å². The lowest BCUT2D eigenvalue weighted by atomic mass is 9.96. The van der Waals surface area contributed by atoms with Crippen molar-refractivity contribution < 1.29 is 0 Å². The molecule has 1 fully saturated rings. The summed E-state index contributed by atoms with van der Waals surface area (Å²) in [7, 11) is 2.20. The molecule has 0 aliphatic heterocycles. The highest BCUT2D eigenvalue weighted by Crippen LogP contribution is 2.38. The molecule has 2 rings (SSSR count). The van der Waals surface area contributed by atoms with Crippen LogP contribution in [0.25, 0.3) is 0 Å². The molecule has 0 radical (unpaired) electrons. The normalized spacial score (nSPS) is 21.5. The molecule has 3 heteroatoms. The second-order valence-electron chi connectivity index (χ2n) is 5.83. The molecule has 0 bridgehead atoms. The number of hydrogen-bond acceptors (Lipinski definition) is 3. The summed E-state index contributed by atoms with van der Waals surface area (Å²) in [5.74, 6) is 0.749. The number of rotatable bonds is 6. The van der Waals surface area contributed by atoms with Crippen molar-refractivity contribution in [3.63, 3.8) is 0 Å². The van der Waals surface area contributed by atoms with E-state index < -0.39 is 0 Å². The molecule has 1 heterocycles. The van der Waals surface area contributed by atoms with Crippen molar-refractivity contribution in [2.75, 3.05) is 13.6 Å². The van der Waals surface area contributed by atoms with Gasteiger partial charge < -0.3 is 10.6 Å². The summed E-state index contributed by atoms with van der Waals surface area (Å²) in [5.41, 5.74) is 6.39. The topological polar surface area (TPSA) is 29.3 Å². The molecule has 1 aromatic heterocycles. The monoisotopic (exact) mass is 252 g/mol. The number of thiophene rings is 1. The highest BCUT2D eigenvalue weighted by atomic mass is 32.1. The SMILES string of the molecule is CC(Cc1cccs1)N(C)CC(C)(N)C1CC1. The Hall–Kier alpha value is -0.380. The van der Waals surface area contributed by atoms with Crippen LogP contribution in [0.5, 0.6) is 0 Å². The van der Waals surface area contributed by atoms with Gasteiger partial charge >= 0.3 is 0 Å². The maximum Gasteiger partial charge on any atom is 0.0283 e. The maximum atomic E-state index is 6.40. The summed E-state index contributed by atoms with van der Waals surface area (Å²) in [6, 6.07) is 4.91. The molecule has 0 spiro atoms. The van der Waals surface area contributed by atoms with Crippen molar-refractivity contribution in [3.8, 4) is 0 Å². The van der Waals surface area contributed by atoms with Crippen molar-refractivity contribution in [1.82, 2.24) is 4.90 Å². The molecule has 1 saturated carbocycles. The fourth-order valence-electron chi connectivity index (χ4n) is 2.44. The number of nitrogens with zero attached hydrogens (tertiary/aromatic N) is 1. The van der Waals surface area contributed by atoms with Crippen LogP contribution in [-0.2, 0) is 6.42 Å². The lowest BCUT2D eigenvalue weighted by Gasteiger charge is -2.33. The van der Waals surface area contributed by atoms with Crippen LogP contribution >= 0.6 is 11.3 Å². The van der Waals surface area contributed by atoms with Gasteiger partial charge in [-0.3, -0.25) is 0 Å². The fraction of sp³-hybridized carbons (Fsp3) is 0.714. The molecule has 2 unspecified atom stereocenters. The predicted octanol–water partition coefficient (Wildman–Crippen LogP) is 2.74. The van der Waals surface area contributed by atoms with Gasteiger partial charge in [-0.2, -0.15) is 0 Å². The summed E-state index contributed by atoms with van der Waals surface area (Å²) in [4.78, 5) is 3.88. The Morgan fingerprint density at radius 3 is 2.82 bits per heavy atom. The van der Waals surface area contributed by atoms with Gasteiger partial charge in [-0.25, -0.2) is 0 Å². The lowest BCUT2D eigenvalue weighted by Crippen LogP contribution is -2.50. The molecule has 17 heavy (non-hydrogen) atoms. The quantitative estimate of drug-likeness (QED) is 0.843. The van der Waals surface area contributed by atoms with E-state index in [2.05, 4.69) is 43.3 Å². The minimum Gasteiger partial charge on any atom is -0.324 e. The van der Waals surface area contributed by atoms with Gasteiger partial charge in [0.05, 0.1) is 0 Å². The largest absolute Gasteiger partial charge is 0.324 e. The Bertz CT molecular complexity index is 341.